The summed E-state index contributed by atoms with van der Waals surface area (Å²) in [6.07, 6.45) is 1.34. The highest BCUT2D eigenvalue weighted by atomic mass is 19.1. The van der Waals surface area contributed by atoms with Crippen LogP contribution >= 0.6 is 0 Å². The summed E-state index contributed by atoms with van der Waals surface area (Å²) in [6, 6.07) is 14.6. The number of halogens is 1. The largest absolute Gasteiger partial charge is 0.368 e. The monoisotopic (exact) mass is 518 g/mol. The molecule has 3 saturated heterocycles. The molecule has 6 rings (SSSR count). The Morgan fingerprint density at radius 2 is 1.45 bits per heavy atom. The number of amides is 2. The lowest BCUT2D eigenvalue weighted by atomic mass is 10.1. The second-order valence-corrected chi connectivity index (χ2v) is 9.96. The van der Waals surface area contributed by atoms with Crippen LogP contribution in [0.2, 0.25) is 0 Å². The van der Waals surface area contributed by atoms with Gasteiger partial charge < -0.3 is 24.3 Å². The summed E-state index contributed by atoms with van der Waals surface area (Å²) < 4.78 is 19.8. The van der Waals surface area contributed by atoms with E-state index in [0.717, 1.165) is 29.4 Å². The fourth-order valence-electron chi connectivity index (χ4n) is 5.60. The number of hydrogen-bond acceptors (Lipinski definition) is 7. The summed E-state index contributed by atoms with van der Waals surface area (Å²) >= 11 is 0. The second kappa shape index (κ2) is 10.5. The molecule has 0 spiro atoms. The maximum absolute atomic E-state index is 14.3. The van der Waals surface area contributed by atoms with Gasteiger partial charge in [-0.1, -0.05) is 36.4 Å². The molecule has 9 nitrogen and oxygen atoms in total. The molecule has 4 heterocycles. The second-order valence-electron chi connectivity index (χ2n) is 9.96. The molecule has 1 atom stereocenters. The topological polar surface area (TPSA) is 82.1 Å². The fourth-order valence-corrected chi connectivity index (χ4v) is 5.60. The number of nitrogens with zero attached hydrogens (tertiary/aromatic N) is 6. The number of benzene rings is 2. The van der Waals surface area contributed by atoms with Crippen LogP contribution in [0.5, 0.6) is 0 Å². The van der Waals surface area contributed by atoms with Crippen molar-refractivity contribution in [3.05, 3.63) is 60.0 Å². The number of rotatable bonds is 4. The number of carbonyl (C=O) groups is 2. The van der Waals surface area contributed by atoms with Crippen molar-refractivity contribution in [2.24, 2.45) is 0 Å². The normalized spacial score (nSPS) is 20.3. The van der Waals surface area contributed by atoms with E-state index in [1.54, 1.807) is 21.9 Å². The molecule has 3 aliphatic heterocycles. The minimum Gasteiger partial charge on any atom is -0.368 e. The highest BCUT2D eigenvalue weighted by Gasteiger charge is 2.32. The van der Waals surface area contributed by atoms with Crippen LogP contribution in [0.25, 0.3) is 10.8 Å². The van der Waals surface area contributed by atoms with Crippen molar-refractivity contribution in [3.63, 3.8) is 0 Å². The van der Waals surface area contributed by atoms with Crippen LogP contribution in [0.15, 0.2) is 48.5 Å². The van der Waals surface area contributed by atoms with Gasteiger partial charge in [-0.05, 0) is 25.0 Å². The van der Waals surface area contributed by atoms with Gasteiger partial charge in [-0.2, -0.15) is 0 Å². The van der Waals surface area contributed by atoms with E-state index in [-0.39, 0.29) is 23.7 Å². The number of anilines is 2. The molecule has 0 saturated carbocycles. The number of piperazine rings is 2. The van der Waals surface area contributed by atoms with Gasteiger partial charge in [-0.25, -0.2) is 4.39 Å². The molecule has 3 aromatic rings. The summed E-state index contributed by atoms with van der Waals surface area (Å²) in [5.41, 5.74) is 0.940. The van der Waals surface area contributed by atoms with E-state index in [1.807, 2.05) is 35.2 Å². The fraction of sp³-hybridized carbons (Fsp3) is 0.429. The molecular formula is C28H31FN6O3. The highest BCUT2D eigenvalue weighted by Crippen LogP contribution is 2.29. The molecule has 0 radical (unpaired) electrons. The standard InChI is InChI=1S/C28H31FN6O3/c29-22-8-3-4-9-23(22)32-11-13-33(14-12-32)26-21-7-2-1-6-20(21)25(30-31-26)28(37)35-17-15-34(16-18-35)27(36)24-10-5-19-38-24/h1-4,6-9,24H,5,10-19H2/t24-/m1/s1. The zero-order chi connectivity index (χ0) is 26.1. The van der Waals surface area contributed by atoms with E-state index < -0.39 is 0 Å². The van der Waals surface area contributed by atoms with Gasteiger partial charge in [-0.3, -0.25) is 9.59 Å². The van der Waals surface area contributed by atoms with Gasteiger partial charge in [0.2, 0.25) is 0 Å². The van der Waals surface area contributed by atoms with Crippen molar-refractivity contribution in [3.8, 4) is 0 Å². The van der Waals surface area contributed by atoms with E-state index in [1.165, 1.54) is 6.07 Å². The van der Waals surface area contributed by atoms with Crippen molar-refractivity contribution in [1.82, 2.24) is 20.0 Å². The molecule has 2 aromatic carbocycles. The summed E-state index contributed by atoms with van der Waals surface area (Å²) in [6.45, 7) is 5.17. The third-order valence-electron chi connectivity index (χ3n) is 7.73. The first-order valence-corrected chi connectivity index (χ1v) is 13.3. The number of carbonyl (C=O) groups excluding carboxylic acids is 2. The molecule has 10 heteroatoms. The Morgan fingerprint density at radius 1 is 0.789 bits per heavy atom. The molecule has 0 bridgehead atoms. The zero-order valence-electron chi connectivity index (χ0n) is 21.3. The van der Waals surface area contributed by atoms with Gasteiger partial charge in [0.25, 0.3) is 11.8 Å². The van der Waals surface area contributed by atoms with E-state index >= 15 is 0 Å². The SMILES string of the molecule is O=C(c1nnc(N2CCN(c3ccccc3F)CC2)c2ccccc12)N1CCN(C(=O)[C@H]2CCCO2)CC1. The molecule has 0 aliphatic carbocycles. The lowest BCUT2D eigenvalue weighted by Crippen LogP contribution is -2.53. The van der Waals surface area contributed by atoms with Crippen LogP contribution in [0.3, 0.4) is 0 Å². The molecule has 1 aromatic heterocycles. The quantitative estimate of drug-likeness (QED) is 0.525. The summed E-state index contributed by atoms with van der Waals surface area (Å²) in [5.74, 6) is 0.372. The number of ether oxygens (including phenoxy) is 1. The predicted molar refractivity (Wildman–Crippen MR) is 142 cm³/mol. The smallest absolute Gasteiger partial charge is 0.275 e. The van der Waals surface area contributed by atoms with Crippen LogP contribution in [0.4, 0.5) is 15.9 Å². The Bertz CT molecular complexity index is 1330. The number of fused-ring (bicyclic) bond motifs is 1. The lowest BCUT2D eigenvalue weighted by molar-refractivity contribution is -0.142. The minimum absolute atomic E-state index is 0.0271. The molecule has 0 N–H and O–H groups in total. The zero-order valence-corrected chi connectivity index (χ0v) is 21.3. The summed E-state index contributed by atoms with van der Waals surface area (Å²) in [5, 5.41) is 10.6. The third-order valence-corrected chi connectivity index (χ3v) is 7.73. The van der Waals surface area contributed by atoms with Crippen molar-refractivity contribution in [2.45, 2.75) is 18.9 Å². The van der Waals surface area contributed by atoms with Crippen molar-refractivity contribution < 1.29 is 18.7 Å². The van der Waals surface area contributed by atoms with Crippen LogP contribution in [-0.4, -0.2) is 96.9 Å². The maximum Gasteiger partial charge on any atom is 0.275 e. The predicted octanol–water partition coefficient (Wildman–Crippen LogP) is 2.56. The van der Waals surface area contributed by atoms with Crippen molar-refractivity contribution in [2.75, 3.05) is 68.8 Å². The van der Waals surface area contributed by atoms with Gasteiger partial charge in [0.15, 0.2) is 11.5 Å². The molecular weight excluding hydrogens is 487 g/mol. The molecule has 0 unspecified atom stereocenters. The molecule has 3 aliphatic rings. The van der Waals surface area contributed by atoms with E-state index in [0.29, 0.717) is 70.3 Å². The van der Waals surface area contributed by atoms with Crippen LogP contribution in [-0.2, 0) is 9.53 Å². The highest BCUT2D eigenvalue weighted by molar-refractivity contribution is 6.07. The van der Waals surface area contributed by atoms with Crippen LogP contribution in [0.1, 0.15) is 23.3 Å². The van der Waals surface area contributed by atoms with Gasteiger partial charge >= 0.3 is 0 Å². The van der Waals surface area contributed by atoms with E-state index in [2.05, 4.69) is 15.1 Å². The van der Waals surface area contributed by atoms with Crippen molar-refractivity contribution >= 4 is 34.1 Å². The maximum atomic E-state index is 14.3. The van der Waals surface area contributed by atoms with E-state index in [4.69, 9.17) is 4.74 Å². The Morgan fingerprint density at radius 3 is 2.16 bits per heavy atom. The van der Waals surface area contributed by atoms with Gasteiger partial charge in [0, 0.05) is 69.7 Å². The minimum atomic E-state index is -0.340. The summed E-state index contributed by atoms with van der Waals surface area (Å²) in [7, 11) is 0. The van der Waals surface area contributed by atoms with Crippen LogP contribution < -0.4 is 9.80 Å². The van der Waals surface area contributed by atoms with Gasteiger partial charge in [-0.15, -0.1) is 10.2 Å². The first-order chi connectivity index (χ1) is 18.6. The van der Waals surface area contributed by atoms with Gasteiger partial charge in [0.05, 0.1) is 5.69 Å². The molecule has 2 amide bonds. The third kappa shape index (κ3) is 4.64. The Kier molecular flexibility index (Phi) is 6.80. The number of aromatic nitrogens is 2. The molecule has 38 heavy (non-hydrogen) atoms. The average molecular weight is 519 g/mol. The Labute approximate surface area is 220 Å². The first kappa shape index (κ1) is 24.5. The van der Waals surface area contributed by atoms with Crippen LogP contribution in [0, 0.1) is 5.82 Å². The molecule has 198 valence electrons. The number of para-hydroxylation sites is 1. The Hall–Kier alpha value is -3.79. The molecule has 3 fully saturated rings. The Balaban J connectivity index is 1.16. The van der Waals surface area contributed by atoms with Crippen molar-refractivity contribution in [1.29, 1.82) is 0 Å². The summed E-state index contributed by atoms with van der Waals surface area (Å²) in [4.78, 5) is 33.9. The average Bonchev–Trinajstić information content (AvgIpc) is 3.52. The van der Waals surface area contributed by atoms with E-state index in [9.17, 15) is 14.0 Å². The lowest BCUT2D eigenvalue weighted by Gasteiger charge is -2.37. The number of hydrogen-bond donors (Lipinski definition) is 0. The van der Waals surface area contributed by atoms with Gasteiger partial charge in [0.1, 0.15) is 11.9 Å². The first-order valence-electron chi connectivity index (χ1n) is 13.3.